The van der Waals surface area contributed by atoms with Crippen LogP contribution in [0.2, 0.25) is 0 Å². The molecule has 0 saturated heterocycles. The van der Waals surface area contributed by atoms with Crippen LogP contribution in [0.3, 0.4) is 0 Å². The number of nitrogens with one attached hydrogen (secondary N) is 3. The number of anilines is 1. The summed E-state index contributed by atoms with van der Waals surface area (Å²) in [6, 6.07) is 13.9. The zero-order valence-electron chi connectivity index (χ0n) is 20.8. The highest BCUT2D eigenvalue weighted by Crippen LogP contribution is 2.39. The Hall–Kier alpha value is -4.26. The zero-order valence-corrected chi connectivity index (χ0v) is 20.8. The van der Waals surface area contributed by atoms with E-state index in [1.807, 2.05) is 53.2 Å². The maximum absolute atomic E-state index is 12.4. The molecule has 1 amide bonds. The third-order valence-corrected chi connectivity index (χ3v) is 7.30. The first-order valence-electron chi connectivity index (χ1n) is 12.8. The number of carbonyl (C=O) groups is 1. The van der Waals surface area contributed by atoms with Crippen LogP contribution >= 0.6 is 0 Å². The summed E-state index contributed by atoms with van der Waals surface area (Å²) in [5.41, 5.74) is 5.82. The summed E-state index contributed by atoms with van der Waals surface area (Å²) < 4.78 is 1.83. The minimum atomic E-state index is -0.0103. The first-order chi connectivity index (χ1) is 18.0. The predicted molar refractivity (Wildman–Crippen MR) is 145 cm³/mol. The lowest BCUT2D eigenvalue weighted by molar-refractivity contribution is -0.119. The van der Waals surface area contributed by atoms with Crippen LogP contribution in [0, 0.1) is 17.2 Å². The summed E-state index contributed by atoms with van der Waals surface area (Å²) in [6.45, 7) is 2.09. The zero-order chi connectivity index (χ0) is 25.4. The van der Waals surface area contributed by atoms with Crippen LogP contribution < -0.4 is 10.6 Å². The van der Waals surface area contributed by atoms with Gasteiger partial charge in [0.2, 0.25) is 11.9 Å². The molecule has 1 fully saturated rings. The van der Waals surface area contributed by atoms with Gasteiger partial charge in [0, 0.05) is 35.4 Å². The van der Waals surface area contributed by atoms with Gasteiger partial charge in [-0.2, -0.15) is 4.98 Å². The first kappa shape index (κ1) is 23.2. The Balaban J connectivity index is 1.10. The van der Waals surface area contributed by atoms with Gasteiger partial charge in [0.25, 0.3) is 0 Å². The number of allylic oxidation sites excluding steroid dienone is 5. The highest BCUT2D eigenvalue weighted by atomic mass is 16.1. The van der Waals surface area contributed by atoms with Crippen LogP contribution in [0.4, 0.5) is 5.95 Å². The van der Waals surface area contributed by atoms with E-state index in [0.29, 0.717) is 18.3 Å². The smallest absolute Gasteiger partial charge is 0.243 e. The lowest BCUT2D eigenvalue weighted by Crippen LogP contribution is -2.30. The number of hydrogen-bond donors (Lipinski definition) is 3. The monoisotopic (exact) mass is 490 g/mol. The topological polar surface area (TPSA) is 95.2 Å². The van der Waals surface area contributed by atoms with Crippen molar-refractivity contribution in [3.63, 3.8) is 0 Å². The Bertz CT molecular complexity index is 1480. The van der Waals surface area contributed by atoms with Gasteiger partial charge in [0.15, 0.2) is 5.65 Å². The van der Waals surface area contributed by atoms with Crippen LogP contribution in [-0.4, -0.2) is 32.3 Å². The molecular weight excluding hydrogens is 460 g/mol. The normalized spacial score (nSPS) is 24.5. The molecule has 1 saturated carbocycles. The van der Waals surface area contributed by atoms with Crippen LogP contribution in [0.15, 0.2) is 96.4 Å². The number of amides is 1. The van der Waals surface area contributed by atoms with Gasteiger partial charge in [-0.15, -0.1) is 5.10 Å². The molecule has 0 spiro atoms. The third kappa shape index (κ3) is 5.16. The summed E-state index contributed by atoms with van der Waals surface area (Å²) in [5, 5.41) is 19.2. The number of rotatable bonds is 7. The molecule has 6 rings (SSSR count). The molecule has 0 aliphatic heterocycles. The largest absolute Gasteiger partial charge is 0.346 e. The molecule has 4 unspecified atom stereocenters. The second-order valence-corrected chi connectivity index (χ2v) is 10.1. The molecular formula is C30H30N6O. The van der Waals surface area contributed by atoms with Gasteiger partial charge in [-0.3, -0.25) is 4.79 Å². The van der Waals surface area contributed by atoms with E-state index in [4.69, 9.17) is 10.5 Å². The average Bonchev–Trinajstić information content (AvgIpc) is 3.47. The van der Waals surface area contributed by atoms with E-state index in [1.54, 1.807) is 0 Å². The van der Waals surface area contributed by atoms with Crippen LogP contribution in [-0.2, 0) is 11.2 Å². The molecule has 37 heavy (non-hydrogen) atoms. The van der Waals surface area contributed by atoms with Crippen LogP contribution in [0.25, 0.3) is 5.65 Å². The third-order valence-electron chi connectivity index (χ3n) is 7.30. The minimum absolute atomic E-state index is 0.0103. The molecule has 1 aromatic carbocycles. The second kappa shape index (κ2) is 9.65. The van der Waals surface area contributed by atoms with Crippen LogP contribution in [0.1, 0.15) is 36.8 Å². The van der Waals surface area contributed by atoms with Crippen molar-refractivity contribution in [1.29, 1.82) is 5.41 Å². The number of fused-ring (bicyclic) bond motifs is 1. The van der Waals surface area contributed by atoms with E-state index in [2.05, 4.69) is 59.0 Å². The number of pyridine rings is 1. The Morgan fingerprint density at radius 2 is 1.97 bits per heavy atom. The van der Waals surface area contributed by atoms with E-state index in [-0.39, 0.29) is 23.8 Å². The molecule has 7 nitrogen and oxygen atoms in total. The summed E-state index contributed by atoms with van der Waals surface area (Å²) in [6.07, 6.45) is 16.8. The number of carbonyl (C=O) groups excluding carboxylic acids is 1. The van der Waals surface area contributed by atoms with E-state index >= 15 is 0 Å². The van der Waals surface area contributed by atoms with Crippen molar-refractivity contribution in [3.05, 3.63) is 108 Å². The fourth-order valence-corrected chi connectivity index (χ4v) is 5.18. The fourth-order valence-electron chi connectivity index (χ4n) is 5.18. The van der Waals surface area contributed by atoms with E-state index in [9.17, 15) is 4.79 Å². The van der Waals surface area contributed by atoms with Crippen LogP contribution in [0.5, 0.6) is 0 Å². The molecule has 3 aromatic rings. The Morgan fingerprint density at radius 1 is 1.14 bits per heavy atom. The number of nitrogens with zero attached hydrogens (tertiary/aromatic N) is 3. The SMILES string of the molecule is CC1=CC(Nc2nc3ccc(C4C=CC(NC(=O)Cc5ccccc5)=CC4)cn3n2)C(C2CC2=N)C=C1. The van der Waals surface area contributed by atoms with Gasteiger partial charge in [0.05, 0.1) is 12.5 Å². The van der Waals surface area contributed by atoms with Gasteiger partial charge in [-0.05, 0) is 43.0 Å². The molecule has 3 aliphatic carbocycles. The summed E-state index contributed by atoms with van der Waals surface area (Å²) in [7, 11) is 0. The van der Waals surface area contributed by atoms with Crippen molar-refractivity contribution in [2.24, 2.45) is 11.8 Å². The average molecular weight is 491 g/mol. The lowest BCUT2D eigenvalue weighted by atomic mass is 9.88. The molecule has 0 bridgehead atoms. The van der Waals surface area contributed by atoms with E-state index in [0.717, 1.165) is 41.0 Å². The number of hydrogen-bond acceptors (Lipinski definition) is 5. The van der Waals surface area contributed by atoms with E-state index < -0.39 is 0 Å². The maximum atomic E-state index is 12.4. The Morgan fingerprint density at radius 3 is 2.73 bits per heavy atom. The van der Waals surface area contributed by atoms with Crippen molar-refractivity contribution >= 4 is 23.2 Å². The van der Waals surface area contributed by atoms with Gasteiger partial charge in [-0.25, -0.2) is 4.52 Å². The molecule has 0 radical (unpaired) electrons. The highest BCUT2D eigenvalue weighted by molar-refractivity contribution is 5.99. The number of benzene rings is 1. The van der Waals surface area contributed by atoms with Gasteiger partial charge >= 0.3 is 0 Å². The Kier molecular flexibility index (Phi) is 6.04. The summed E-state index contributed by atoms with van der Waals surface area (Å²) in [5.74, 6) is 1.38. The molecule has 2 aromatic heterocycles. The van der Waals surface area contributed by atoms with Crippen molar-refractivity contribution in [2.75, 3.05) is 5.32 Å². The fraction of sp³-hybridized carbons (Fsp3) is 0.267. The van der Waals surface area contributed by atoms with Gasteiger partial charge in [0.1, 0.15) is 0 Å². The van der Waals surface area contributed by atoms with Gasteiger partial charge < -0.3 is 16.0 Å². The predicted octanol–water partition coefficient (Wildman–Crippen LogP) is 4.97. The summed E-state index contributed by atoms with van der Waals surface area (Å²) >= 11 is 0. The van der Waals surface area contributed by atoms with Crippen molar-refractivity contribution in [2.45, 2.75) is 38.1 Å². The highest BCUT2D eigenvalue weighted by Gasteiger charge is 2.41. The quantitative estimate of drug-likeness (QED) is 0.436. The van der Waals surface area contributed by atoms with Gasteiger partial charge in [-0.1, -0.05) is 72.4 Å². The van der Waals surface area contributed by atoms with E-state index in [1.165, 1.54) is 5.57 Å². The number of aromatic nitrogens is 3. The Labute approximate surface area is 216 Å². The van der Waals surface area contributed by atoms with Crippen molar-refractivity contribution in [1.82, 2.24) is 19.9 Å². The molecule has 4 atom stereocenters. The molecule has 186 valence electrons. The maximum Gasteiger partial charge on any atom is 0.243 e. The molecule has 2 heterocycles. The van der Waals surface area contributed by atoms with Crippen molar-refractivity contribution < 1.29 is 4.79 Å². The minimum Gasteiger partial charge on any atom is -0.346 e. The summed E-state index contributed by atoms with van der Waals surface area (Å²) in [4.78, 5) is 17.1. The molecule has 7 heteroatoms. The second-order valence-electron chi connectivity index (χ2n) is 10.1. The lowest BCUT2D eigenvalue weighted by Gasteiger charge is -2.25. The molecule has 3 aliphatic rings. The standard InChI is InChI=1S/C30H30N6O/c1-19-7-13-24(25-17-26(25)31)27(15-19)33-30-34-28-14-10-22(18-36(28)35-30)21-8-11-23(12-9-21)32-29(37)16-20-5-3-2-4-6-20/h2-8,10-15,18,21,24-25,27,31H,9,16-17H2,1H3,(H,32,37)(H,33,35). The molecule has 3 N–H and O–H groups in total. The van der Waals surface area contributed by atoms with Crippen molar-refractivity contribution in [3.8, 4) is 0 Å². The first-order valence-corrected chi connectivity index (χ1v) is 12.8.